The SMILES string of the molecule is NC(=O)C#Cc1cnc(Cl)nc1. The summed E-state index contributed by atoms with van der Waals surface area (Å²) in [6.07, 6.45) is 2.82. The number of nitrogens with two attached hydrogens (primary N) is 1. The van der Waals surface area contributed by atoms with Crippen molar-refractivity contribution >= 4 is 17.5 Å². The highest BCUT2D eigenvalue weighted by atomic mass is 35.5. The van der Waals surface area contributed by atoms with Gasteiger partial charge in [0.25, 0.3) is 5.91 Å². The van der Waals surface area contributed by atoms with Crippen LogP contribution >= 0.6 is 11.6 Å². The average molecular weight is 182 g/mol. The van der Waals surface area contributed by atoms with E-state index in [-0.39, 0.29) is 5.28 Å². The van der Waals surface area contributed by atoms with Gasteiger partial charge in [0.15, 0.2) is 0 Å². The van der Waals surface area contributed by atoms with Crippen molar-refractivity contribution in [2.45, 2.75) is 0 Å². The largest absolute Gasteiger partial charge is 0.359 e. The van der Waals surface area contributed by atoms with Gasteiger partial charge in [-0.1, -0.05) is 5.92 Å². The molecule has 0 unspecified atom stereocenters. The maximum Gasteiger partial charge on any atom is 0.293 e. The van der Waals surface area contributed by atoms with Crippen LogP contribution in [0, 0.1) is 11.8 Å². The van der Waals surface area contributed by atoms with E-state index in [2.05, 4.69) is 21.8 Å². The predicted molar refractivity (Wildman–Crippen MR) is 43.1 cm³/mol. The number of aromatic nitrogens is 2. The first-order valence-electron chi connectivity index (χ1n) is 2.97. The summed E-state index contributed by atoms with van der Waals surface area (Å²) >= 11 is 5.41. The quantitative estimate of drug-likeness (QED) is 0.451. The van der Waals surface area contributed by atoms with Gasteiger partial charge in [-0.05, 0) is 11.6 Å². The lowest BCUT2D eigenvalue weighted by atomic mass is 10.3. The molecular formula is C7H4ClN3O. The molecule has 1 heterocycles. The van der Waals surface area contributed by atoms with Gasteiger partial charge in [0.2, 0.25) is 5.28 Å². The van der Waals surface area contributed by atoms with Crippen LogP contribution in [0.2, 0.25) is 5.28 Å². The number of nitrogens with zero attached hydrogens (tertiary/aromatic N) is 2. The Bertz CT molecular complexity index is 349. The molecule has 1 rings (SSSR count). The van der Waals surface area contributed by atoms with E-state index in [0.717, 1.165) is 0 Å². The summed E-state index contributed by atoms with van der Waals surface area (Å²) in [5, 5.41) is 0.139. The highest BCUT2D eigenvalue weighted by molar-refractivity contribution is 6.28. The normalized spacial score (nSPS) is 8.42. The van der Waals surface area contributed by atoms with Crippen LogP contribution in [0.4, 0.5) is 0 Å². The number of carbonyl (C=O) groups is 1. The van der Waals surface area contributed by atoms with Crippen molar-refractivity contribution in [2.75, 3.05) is 0 Å². The zero-order chi connectivity index (χ0) is 8.97. The van der Waals surface area contributed by atoms with E-state index < -0.39 is 5.91 Å². The smallest absolute Gasteiger partial charge is 0.293 e. The molecule has 0 fully saturated rings. The molecule has 0 saturated carbocycles. The lowest BCUT2D eigenvalue weighted by Crippen LogP contribution is -2.06. The average Bonchev–Trinajstić information content (AvgIpc) is 2.03. The third kappa shape index (κ3) is 2.56. The minimum Gasteiger partial charge on any atom is -0.359 e. The monoisotopic (exact) mass is 181 g/mol. The lowest BCUT2D eigenvalue weighted by molar-refractivity contribution is -0.112. The summed E-state index contributed by atoms with van der Waals surface area (Å²) in [5.41, 5.74) is 5.29. The van der Waals surface area contributed by atoms with Crippen LogP contribution in [0.5, 0.6) is 0 Å². The second kappa shape index (κ2) is 3.69. The lowest BCUT2D eigenvalue weighted by Gasteiger charge is -1.87. The van der Waals surface area contributed by atoms with Crippen molar-refractivity contribution in [1.29, 1.82) is 0 Å². The number of primary amides is 1. The first-order chi connectivity index (χ1) is 5.68. The highest BCUT2D eigenvalue weighted by Crippen LogP contribution is 1.98. The maximum absolute atomic E-state index is 10.2. The molecule has 1 aromatic heterocycles. The van der Waals surface area contributed by atoms with Crippen LogP contribution in [0.15, 0.2) is 12.4 Å². The third-order valence-electron chi connectivity index (χ3n) is 0.950. The zero-order valence-electron chi connectivity index (χ0n) is 5.91. The molecule has 60 valence electrons. The van der Waals surface area contributed by atoms with Gasteiger partial charge in [0, 0.05) is 18.3 Å². The molecule has 0 aliphatic heterocycles. The fourth-order valence-electron chi connectivity index (χ4n) is 0.511. The van der Waals surface area contributed by atoms with Crippen LogP contribution in [0.25, 0.3) is 0 Å². The molecular weight excluding hydrogens is 178 g/mol. The van der Waals surface area contributed by atoms with Gasteiger partial charge in [0.05, 0.1) is 5.56 Å². The number of rotatable bonds is 0. The molecule has 0 bridgehead atoms. The standard InChI is InChI=1S/C7H4ClN3O/c8-7-10-3-5(4-11-7)1-2-6(9)12/h3-4H,(H2,9,12). The summed E-state index contributed by atoms with van der Waals surface area (Å²) < 4.78 is 0. The topological polar surface area (TPSA) is 68.9 Å². The molecule has 5 heteroatoms. The summed E-state index contributed by atoms with van der Waals surface area (Å²) in [6, 6.07) is 0. The van der Waals surface area contributed by atoms with Crippen molar-refractivity contribution in [3.8, 4) is 11.8 Å². The first-order valence-corrected chi connectivity index (χ1v) is 3.35. The molecule has 2 N–H and O–H groups in total. The number of carbonyl (C=O) groups excluding carboxylic acids is 1. The molecule has 4 nitrogen and oxygen atoms in total. The van der Waals surface area contributed by atoms with Gasteiger partial charge in [-0.25, -0.2) is 9.97 Å². The van der Waals surface area contributed by atoms with E-state index in [0.29, 0.717) is 5.56 Å². The number of hydrogen-bond acceptors (Lipinski definition) is 3. The van der Waals surface area contributed by atoms with Gasteiger partial charge in [0.1, 0.15) is 0 Å². The molecule has 0 aliphatic rings. The van der Waals surface area contributed by atoms with Gasteiger partial charge >= 0.3 is 0 Å². The Labute approximate surface area is 73.8 Å². The Balaban J connectivity index is 2.86. The number of amides is 1. The second-order valence-electron chi connectivity index (χ2n) is 1.86. The molecule has 12 heavy (non-hydrogen) atoms. The van der Waals surface area contributed by atoms with Gasteiger partial charge in [-0.15, -0.1) is 0 Å². The fourth-order valence-corrected chi connectivity index (χ4v) is 0.608. The Morgan fingerprint density at radius 2 is 2.08 bits per heavy atom. The second-order valence-corrected chi connectivity index (χ2v) is 2.19. The first kappa shape index (κ1) is 8.50. The van der Waals surface area contributed by atoms with Crippen molar-refractivity contribution in [2.24, 2.45) is 5.73 Å². The van der Waals surface area contributed by atoms with E-state index in [1.165, 1.54) is 12.4 Å². The summed E-state index contributed by atoms with van der Waals surface area (Å²) in [6.45, 7) is 0. The molecule has 0 atom stereocenters. The van der Waals surface area contributed by atoms with Crippen molar-refractivity contribution in [1.82, 2.24) is 9.97 Å². The highest BCUT2D eigenvalue weighted by Gasteiger charge is 1.90. The van der Waals surface area contributed by atoms with Gasteiger partial charge in [-0.3, -0.25) is 4.79 Å². The third-order valence-corrected chi connectivity index (χ3v) is 1.15. The van der Waals surface area contributed by atoms with Gasteiger partial charge < -0.3 is 5.73 Å². The van der Waals surface area contributed by atoms with E-state index >= 15 is 0 Å². The van der Waals surface area contributed by atoms with Crippen molar-refractivity contribution in [3.63, 3.8) is 0 Å². The van der Waals surface area contributed by atoms with Gasteiger partial charge in [-0.2, -0.15) is 0 Å². The Kier molecular flexibility index (Phi) is 2.62. The molecule has 0 aliphatic carbocycles. The number of hydrogen-bond donors (Lipinski definition) is 1. The molecule has 0 aromatic carbocycles. The maximum atomic E-state index is 10.2. The van der Waals surface area contributed by atoms with Crippen LogP contribution in [0.3, 0.4) is 0 Å². The Hall–Kier alpha value is -1.60. The number of halogens is 1. The van der Waals surface area contributed by atoms with Crippen molar-refractivity contribution in [3.05, 3.63) is 23.2 Å². The summed E-state index contributed by atoms with van der Waals surface area (Å²) in [4.78, 5) is 17.5. The fraction of sp³-hybridized carbons (Fsp3) is 0. The summed E-state index contributed by atoms with van der Waals surface area (Å²) in [7, 11) is 0. The van der Waals surface area contributed by atoms with E-state index in [9.17, 15) is 4.79 Å². The van der Waals surface area contributed by atoms with E-state index in [4.69, 9.17) is 17.3 Å². The van der Waals surface area contributed by atoms with E-state index in [1.807, 2.05) is 0 Å². The van der Waals surface area contributed by atoms with Crippen molar-refractivity contribution < 1.29 is 4.79 Å². The Morgan fingerprint density at radius 3 is 2.58 bits per heavy atom. The minimum absolute atomic E-state index is 0.139. The molecule has 1 amide bonds. The van der Waals surface area contributed by atoms with Crippen LogP contribution in [0.1, 0.15) is 5.56 Å². The van der Waals surface area contributed by atoms with E-state index in [1.54, 1.807) is 0 Å². The molecule has 0 spiro atoms. The minimum atomic E-state index is -0.690. The van der Waals surface area contributed by atoms with Crippen LogP contribution < -0.4 is 5.73 Å². The molecule has 0 radical (unpaired) electrons. The summed E-state index contributed by atoms with van der Waals surface area (Å²) in [5.74, 6) is 3.92. The Morgan fingerprint density at radius 1 is 1.50 bits per heavy atom. The molecule has 1 aromatic rings. The molecule has 0 saturated heterocycles. The van der Waals surface area contributed by atoms with Crippen LogP contribution in [-0.2, 0) is 4.79 Å². The predicted octanol–water partition coefficient (Wildman–Crippen LogP) is -0.0332. The van der Waals surface area contributed by atoms with Crippen LogP contribution in [-0.4, -0.2) is 15.9 Å². The zero-order valence-corrected chi connectivity index (χ0v) is 6.67.